The molecule has 4 saturated heterocycles. The number of amides is 2. The second kappa shape index (κ2) is 62.6. The maximum absolute atomic E-state index is 13.5. The molecule has 37 atom stereocenters. The molecule has 7 aliphatic heterocycles. The molecule has 7 rings (SSSR count). The number of nitrogens with zero attached hydrogens (tertiary/aromatic N) is 4. The molecular formula is C104H180N5NaO24Rn. The molecule has 7 aliphatic rings. The number of carbonyl (C=O) groups is 9. The third-order valence-electron chi connectivity index (χ3n) is 30.2. The average molecular weight is 2130 g/mol. The van der Waals surface area contributed by atoms with Gasteiger partial charge in [0, 0.05) is 198 Å². The van der Waals surface area contributed by atoms with Crippen molar-refractivity contribution in [1.29, 1.82) is 0 Å². The Kier molecular flexibility index (Phi) is 59.3. The smallest absolute Gasteiger partial charge is 1.00 e. The van der Waals surface area contributed by atoms with Crippen LogP contribution in [0.4, 0.5) is 9.59 Å². The van der Waals surface area contributed by atoms with E-state index in [4.69, 9.17) is 71.1 Å². The van der Waals surface area contributed by atoms with Gasteiger partial charge in [-0.1, -0.05) is 172 Å². The van der Waals surface area contributed by atoms with Gasteiger partial charge in [0.25, 0.3) is 0 Å². The maximum Gasteiger partial charge on any atom is 1.00 e. The zero-order valence-electron chi connectivity index (χ0n) is 90.3. The molecule has 0 aromatic heterocycles. The Morgan fingerprint density at radius 3 is 1.13 bits per heavy atom. The monoisotopic (exact) mass is 2130 g/mol. The van der Waals surface area contributed by atoms with E-state index in [1.165, 1.54) is 7.05 Å². The van der Waals surface area contributed by atoms with Crippen molar-refractivity contribution in [2.45, 2.75) is 347 Å². The molecule has 16 unspecified atom stereocenters. The first-order chi connectivity index (χ1) is 62.5. The van der Waals surface area contributed by atoms with E-state index in [1.54, 1.807) is 57.6 Å². The molecule has 29 nitrogen and oxygen atoms in total. The number of ether oxygens (including phenoxy) is 14. The normalized spacial score (nSPS) is 40.2. The molecular weight excluding hydrogens is 1950 g/mol. The second-order valence-electron chi connectivity index (χ2n) is 40.8. The molecule has 135 heavy (non-hydrogen) atoms. The fourth-order valence-corrected chi connectivity index (χ4v) is 21.1. The van der Waals surface area contributed by atoms with E-state index < -0.39 is 49.4 Å². The van der Waals surface area contributed by atoms with Gasteiger partial charge >= 0.3 is 59.7 Å². The number of Topliss-reactive ketones (excluding diaryl/α,β-unsaturated/α-hetero) is 1. The summed E-state index contributed by atoms with van der Waals surface area (Å²) in [4.78, 5) is 120. The largest absolute Gasteiger partial charge is 1.00 e. The molecule has 0 saturated carbocycles. The van der Waals surface area contributed by atoms with Crippen molar-refractivity contribution in [3.63, 3.8) is 0 Å². The van der Waals surface area contributed by atoms with E-state index in [1.807, 2.05) is 115 Å². The predicted octanol–water partition coefficient (Wildman–Crippen LogP) is 12.7. The van der Waals surface area contributed by atoms with Crippen LogP contribution in [0.2, 0.25) is 0 Å². The van der Waals surface area contributed by atoms with Crippen LogP contribution in [0, 0.1) is 178 Å². The maximum atomic E-state index is 13.5. The summed E-state index contributed by atoms with van der Waals surface area (Å²) in [7, 11) is 20.6. The SMILES string of the molecule is C=O.CC[C@H]1OC(=O)C[C@@H](C)[C@H](C)[C@@H](OC2OC(C)C(C)C(N(C)C)C2OC)[C@@H](C)C[C@@H](C)C(=O)/C=C/C(C)=C/[C@@H]1CO.CC[C@H]1OC(=O)C[C@@H](C)[C@H](C)[C@@H](OC2OC(C)C(C)C(N(C)C)C2OC)[C@@H](C)C[C@@H](C)C(=O)/C=C/C(C)=C/[C@@H]1COC(=O)NC.CC[C@H]1OC(=O)C[C@@H](C)[C@H](C)[C@@H](OC2OC(C)C(C)C(N(C)C)C2OC)[C@@H](C)C[C@@H](C)C(=O)C/C=C(\C)C2[C@@H]1COC(=O)N2C.[H-].[Na+].[Rn]. The minimum absolute atomic E-state index is 0. The minimum atomic E-state index is -0.613. The number of methoxy groups -OCH3 is 3. The quantitative estimate of drug-likeness (QED) is 0.0557. The number of hydrogen-bond donors (Lipinski definition) is 2. The number of nitrogens with one attached hydrogen (secondary N) is 1. The van der Waals surface area contributed by atoms with Crippen molar-refractivity contribution in [2.75, 3.05) is 97.5 Å². The minimum Gasteiger partial charge on any atom is -1.00 e. The number of ketones is 3. The van der Waals surface area contributed by atoms with Gasteiger partial charge in [0.1, 0.15) is 62.4 Å². The summed E-state index contributed by atoms with van der Waals surface area (Å²) < 4.78 is 86.8. The van der Waals surface area contributed by atoms with E-state index in [-0.39, 0.29) is 369 Å². The summed E-state index contributed by atoms with van der Waals surface area (Å²) in [6, 6.07) is -0.0451. The van der Waals surface area contributed by atoms with Crippen LogP contribution in [-0.4, -0.2) is 293 Å². The summed E-state index contributed by atoms with van der Waals surface area (Å²) in [6.45, 7) is 51.0. The number of aliphatic hydroxyl groups is 1. The molecule has 2 N–H and O–H groups in total. The van der Waals surface area contributed by atoms with Crippen LogP contribution in [0.5, 0.6) is 0 Å². The van der Waals surface area contributed by atoms with Crippen LogP contribution in [0.15, 0.2) is 59.3 Å². The van der Waals surface area contributed by atoms with Gasteiger partial charge in [-0.2, -0.15) is 0 Å². The molecule has 0 bridgehead atoms. The van der Waals surface area contributed by atoms with Crippen molar-refractivity contribution in [3.05, 3.63) is 59.3 Å². The van der Waals surface area contributed by atoms with Crippen molar-refractivity contribution in [2.24, 2.45) is 107 Å². The van der Waals surface area contributed by atoms with Gasteiger partial charge in [-0.3, -0.25) is 28.8 Å². The van der Waals surface area contributed by atoms with Crippen LogP contribution in [0.25, 0.3) is 0 Å². The van der Waals surface area contributed by atoms with Gasteiger partial charge in [0.15, 0.2) is 30.4 Å². The standard InChI is InChI=1S/2C35H60N2O8.C33H57NO7.CH2O.Na.Rn.H/c1-13-28-26-18-42-35(40)37(11)30(26)19(2)14-15-27(38)21(4)16-22(5)32(23(6)20(3)17-29(39)44-28)45-34-33(41-12)31(36(9)10)24(7)25(8)43-34;1-13-29-27(19-42-35(40)36-9)16-20(2)14-15-28(38)22(4)17-23(5)32(24(6)21(3)18-30(39)44-29)45-34-33(41-12)31(37(10)11)25(7)26(8)43-34;1-12-28-26(18-35)15-19(2)13-14-27(36)21(4)16-22(5)31(23(6)20(3)17-29(37)40-28)41-33-32(38-11)30(34(9)10)24(7)25(8)39-33;1-2;;;/h14,20-26,28,30-34H,13,15-18H2,1-12H3;14-16,21-27,29,31-34H,13,17-19H2,1-12H3,(H,36,40);13-15,20-26,28,30-33,35H,12,16-18H2,1-11H3;1H2;;;/q;;;;+1;;-1/b19-14+;15-14+,20-16+;14-13+,19-15+;;;;/t20-,21-,22+,23+,24?,25?,26-,28-,30?,31?,32+,33?,34?;21-,22-,23+,24+,25?,26?,27-,29-,31?,32+,33?,34?;20-,21-,22+,23+,24?,25?,26-,28-,30?,31+,32?,33?;;;;/m111..../s1. The first-order valence-electron chi connectivity index (χ1n) is 49.2. The molecule has 4 fully saturated rings. The van der Waals surface area contributed by atoms with Gasteiger partial charge in [-0.05, 0) is 188 Å². The van der Waals surface area contributed by atoms with Crippen LogP contribution >= 0.6 is 0 Å². The zero-order valence-corrected chi connectivity index (χ0v) is 94.0. The average Bonchev–Trinajstić information content (AvgIpc) is 0.804. The van der Waals surface area contributed by atoms with E-state index >= 15 is 0 Å². The number of carbonyl (C=O) groups excluding carboxylic acids is 9. The molecule has 0 radical (unpaired) electrons. The molecule has 774 valence electrons. The zero-order chi connectivity index (χ0) is 101. The van der Waals surface area contributed by atoms with Gasteiger partial charge < -0.3 is 103 Å². The second-order valence-corrected chi connectivity index (χ2v) is 40.8. The van der Waals surface area contributed by atoms with Crippen molar-refractivity contribution in [3.8, 4) is 0 Å². The number of fused-ring (bicyclic) bond motifs is 1. The van der Waals surface area contributed by atoms with Gasteiger partial charge in [-0.15, -0.1) is 0 Å². The summed E-state index contributed by atoms with van der Waals surface area (Å²) >= 11 is 0. The van der Waals surface area contributed by atoms with Crippen LogP contribution in [0.3, 0.4) is 0 Å². The first kappa shape index (κ1) is 128. The van der Waals surface area contributed by atoms with Gasteiger partial charge in [0.2, 0.25) is 0 Å². The number of likely N-dealkylation sites (N-methyl/N-ethyl adjacent to an activating group) is 4. The van der Waals surface area contributed by atoms with Crippen molar-refractivity contribution in [1.82, 2.24) is 24.9 Å². The number of alkyl carbamates (subject to hydrolysis) is 1. The molecule has 0 aliphatic carbocycles. The van der Waals surface area contributed by atoms with Crippen LogP contribution < -0.4 is 34.9 Å². The third kappa shape index (κ3) is 37.2. The number of cyclic esters (lactones) is 4. The van der Waals surface area contributed by atoms with Gasteiger partial charge in [0.05, 0.1) is 55.2 Å². The van der Waals surface area contributed by atoms with Crippen molar-refractivity contribution < 1.29 is 217 Å². The molecule has 0 aromatic rings. The summed E-state index contributed by atoms with van der Waals surface area (Å²) in [5.74, 6) is -1.96. The Bertz CT molecular complexity index is 3760. The topological polar surface area (TPSA) is 328 Å². The summed E-state index contributed by atoms with van der Waals surface area (Å²) in [5.41, 5.74) is 2.57. The Balaban J connectivity index is 0.00000100. The van der Waals surface area contributed by atoms with E-state index in [0.29, 0.717) is 38.5 Å². The third-order valence-corrected chi connectivity index (χ3v) is 30.2. The summed E-state index contributed by atoms with van der Waals surface area (Å²) in [6.07, 6.45) is 10.8. The Morgan fingerprint density at radius 2 is 0.815 bits per heavy atom. The summed E-state index contributed by atoms with van der Waals surface area (Å²) in [5, 5.41) is 12.5. The van der Waals surface area contributed by atoms with E-state index in [0.717, 1.165) is 16.7 Å². The fourth-order valence-electron chi connectivity index (χ4n) is 21.1. The number of hydrogen-bond acceptors (Lipinski definition) is 27. The molecule has 0 spiro atoms. The van der Waals surface area contributed by atoms with E-state index in [2.05, 4.69) is 138 Å². The predicted molar refractivity (Wildman–Crippen MR) is 516 cm³/mol. The number of aliphatic hydroxyl groups excluding tert-OH is 1. The van der Waals surface area contributed by atoms with E-state index in [9.17, 15) is 43.5 Å². The Labute approximate surface area is 897 Å². The molecule has 0 aromatic carbocycles. The number of rotatable bonds is 18. The molecule has 31 heteroatoms. The Morgan fingerprint density at radius 1 is 0.489 bits per heavy atom. The molecule has 2 amide bonds. The fraction of sp³-hybridized carbons (Fsp3) is 0.817. The Hall–Kier alpha value is -3.07. The van der Waals surface area contributed by atoms with Crippen molar-refractivity contribution >= 4 is 54.2 Å². The van der Waals surface area contributed by atoms with Crippen LogP contribution in [-0.2, 0) is 99.9 Å². The molecule has 7 heterocycles. The number of allylic oxidation sites excluding steroid dienone is 7. The first-order valence-corrected chi connectivity index (χ1v) is 49.2. The van der Waals surface area contributed by atoms with Gasteiger partial charge in [-0.25, -0.2) is 9.59 Å². The number of esters is 3. The van der Waals surface area contributed by atoms with Crippen LogP contribution in [0.1, 0.15) is 232 Å².